The van der Waals surface area contributed by atoms with Crippen molar-refractivity contribution in [3.05, 3.63) is 46.3 Å². The van der Waals surface area contributed by atoms with Gasteiger partial charge in [0.1, 0.15) is 36.3 Å². The van der Waals surface area contributed by atoms with Crippen LogP contribution in [-0.4, -0.2) is 257 Å². The lowest BCUT2D eigenvalue weighted by Gasteiger charge is -2.30. The number of carbonyl (C=O) groups is 18. The van der Waals surface area contributed by atoms with Crippen LogP contribution in [0.4, 0.5) is 0 Å². The van der Waals surface area contributed by atoms with E-state index in [1.165, 1.54) is 9.80 Å². The molecule has 19 N–H and O–H groups in total. The second-order valence-corrected chi connectivity index (χ2v) is 32.7. The van der Waals surface area contributed by atoms with E-state index in [2.05, 4.69) is 88.1 Å². The maximum Gasteiger partial charge on any atom is 0.245 e. The number of primary amides is 1. The number of hydrogen-bond acceptors (Lipinski definition) is 25. The number of nitrogens with one attached hydrogen (secondary N) is 9. The Kier molecular flexibility index (Phi) is 56.0. The van der Waals surface area contributed by atoms with E-state index in [1.54, 1.807) is 20.8 Å². The summed E-state index contributed by atoms with van der Waals surface area (Å²) in [5.74, 6) is -12.9. The molecular weight excluding hydrogens is 1660 g/mol. The molecule has 1 unspecified atom stereocenters. The van der Waals surface area contributed by atoms with E-state index in [-0.39, 0.29) is 155 Å². The summed E-state index contributed by atoms with van der Waals surface area (Å²) < 4.78 is 0. The molecule has 0 spiro atoms. The van der Waals surface area contributed by atoms with Crippen molar-refractivity contribution in [2.75, 3.05) is 77.1 Å². The van der Waals surface area contributed by atoms with Gasteiger partial charge >= 0.3 is 0 Å². The summed E-state index contributed by atoms with van der Waals surface area (Å²) in [6.07, 6.45) is 5.31. The number of rotatable bonds is 64. The maximum absolute atomic E-state index is 14.4. The number of azide groups is 1. The van der Waals surface area contributed by atoms with Crippen molar-refractivity contribution >= 4 is 137 Å². The van der Waals surface area contributed by atoms with Crippen LogP contribution in [0, 0.1) is 29.6 Å². The molecule has 2 saturated heterocycles. The molecule has 41 heteroatoms. The molecule has 39 nitrogen and oxygen atoms in total. The molecule has 0 bridgehead atoms. The number of nitrogens with zero attached hydrogens (tertiary/aromatic N) is 6. The first kappa shape index (κ1) is 111. The highest BCUT2D eigenvalue weighted by Crippen LogP contribution is 2.25. The average Bonchev–Trinajstić information content (AvgIpc) is 1.70. The third-order valence-electron chi connectivity index (χ3n) is 21.3. The van der Waals surface area contributed by atoms with Crippen LogP contribution >= 0.6 is 25.3 Å². The average molecular weight is 1800 g/mol. The number of benzene rings is 1. The first-order chi connectivity index (χ1) is 59.5. The Morgan fingerprint density at radius 3 is 1.67 bits per heavy atom. The van der Waals surface area contributed by atoms with E-state index in [0.29, 0.717) is 96.1 Å². The van der Waals surface area contributed by atoms with E-state index in [9.17, 15) is 96.5 Å². The van der Waals surface area contributed by atoms with Crippen molar-refractivity contribution in [3.63, 3.8) is 0 Å². The van der Waals surface area contributed by atoms with E-state index in [0.717, 1.165) is 24.8 Å². The largest absolute Gasteiger partial charge is 0.394 e. The molecule has 0 aliphatic carbocycles. The standard InChI is InChI=1S/C52H86N14O15S.C32H51N5O5S/c1-5-41(71)37(27-67)63-49(79)33(22-30(2)3)24-43(73)39(29-82)64-50(80)40-12-9-21-66(40)51(81)36(11-8-19-57-52(54)55)62-48(78)32(13-16-44(53)74)23-42(72)38(28-68)61-46(76)18-15-34(69)25-58-45(75)17-14-35(70)26-59-47(77)31(4)10-6-7-20-60-65-56;1-3-4-13-26(31(41)34-20-18-24-11-6-5-7-12-24)36-32(42)27-15-10-21-37(27)29(39)17-16-28(38)25(14-8-9-19-33)35-30(40)23(2)22-43/h30-33,36-40,67-68,82H,5-29H2,1-4H3,(H2,53,74)(H,58,75)(H,59,77)(H,61,76)(H,62,78)(H,63,79)(H,64,80)(H4,54,55,57);5-7,11-12,23,25-27,43H,3-4,8-10,13-22,33H2,1-2H3,(H,34,41)(H,35,40)(H,36,42)/t31-,32+,33+,36-,37-,38-,39-,40-;23-,25-,26+,27?/m00/s1. The van der Waals surface area contributed by atoms with E-state index in [4.69, 9.17) is 28.5 Å². The quantitative estimate of drug-likeness (QED) is 0.00820. The van der Waals surface area contributed by atoms with Gasteiger partial charge in [0.2, 0.25) is 70.9 Å². The van der Waals surface area contributed by atoms with E-state index < -0.39 is 176 Å². The predicted octanol–water partition coefficient (Wildman–Crippen LogP) is 0.914. The van der Waals surface area contributed by atoms with Gasteiger partial charge in [0.25, 0.3) is 0 Å². The third kappa shape index (κ3) is 44.7. The normalized spacial score (nSPS) is 15.8. The number of aliphatic hydroxyl groups excluding tert-OH is 2. The number of nitrogens with two attached hydrogens (primary N) is 4. The Morgan fingerprint density at radius 2 is 1.08 bits per heavy atom. The number of amides is 12. The highest BCUT2D eigenvalue weighted by Gasteiger charge is 2.42. The van der Waals surface area contributed by atoms with Gasteiger partial charge in [-0.2, -0.15) is 25.3 Å². The number of guanidine groups is 1. The Hall–Kier alpha value is -9.96. The molecule has 0 saturated carbocycles. The molecule has 0 aromatic heterocycles. The Balaban J connectivity index is 0.00000103. The Labute approximate surface area is 743 Å². The molecule has 1 aromatic carbocycles. The second kappa shape index (κ2) is 63.0. The number of Topliss-reactive ketones (excluding diaryl/α,β-unsaturated/α-hetero) is 6. The summed E-state index contributed by atoms with van der Waals surface area (Å²) in [5, 5.41) is 46.9. The molecule has 2 fully saturated rings. The maximum atomic E-state index is 14.4. The first-order valence-electron chi connectivity index (χ1n) is 43.4. The van der Waals surface area contributed by atoms with Crippen molar-refractivity contribution in [1.29, 1.82) is 0 Å². The predicted molar refractivity (Wildman–Crippen MR) is 473 cm³/mol. The van der Waals surface area contributed by atoms with Gasteiger partial charge in [0.05, 0.1) is 38.4 Å². The van der Waals surface area contributed by atoms with Crippen molar-refractivity contribution in [2.24, 2.45) is 62.6 Å². The summed E-state index contributed by atoms with van der Waals surface area (Å²) >= 11 is 8.45. The monoisotopic (exact) mass is 1800 g/mol. The van der Waals surface area contributed by atoms with Crippen LogP contribution in [0.1, 0.15) is 220 Å². The smallest absolute Gasteiger partial charge is 0.245 e. The number of unbranched alkanes of at least 4 members (excludes halogenated alkanes) is 3. The van der Waals surface area contributed by atoms with Crippen LogP contribution in [-0.2, 0) is 92.7 Å². The number of likely N-dealkylation sites (tertiary alicyclic amines) is 2. The number of thiol groups is 2. The highest BCUT2D eigenvalue weighted by molar-refractivity contribution is 7.80. The van der Waals surface area contributed by atoms with Gasteiger partial charge in [0, 0.05) is 137 Å². The van der Waals surface area contributed by atoms with Crippen LogP contribution in [0.2, 0.25) is 0 Å². The minimum Gasteiger partial charge on any atom is -0.394 e. The fourth-order valence-electron chi connectivity index (χ4n) is 13.8. The minimum atomic E-state index is -1.59. The Morgan fingerprint density at radius 1 is 0.520 bits per heavy atom. The number of aliphatic hydroxyl groups is 2. The van der Waals surface area contributed by atoms with Gasteiger partial charge in [0.15, 0.2) is 40.7 Å². The zero-order valence-corrected chi connectivity index (χ0v) is 75.1. The van der Waals surface area contributed by atoms with Crippen molar-refractivity contribution in [3.8, 4) is 0 Å². The second-order valence-electron chi connectivity index (χ2n) is 32.0. The number of carbonyl (C=O) groups excluding carboxylic acids is 18. The third-order valence-corrected chi connectivity index (χ3v) is 22.2. The molecule has 125 heavy (non-hydrogen) atoms. The zero-order chi connectivity index (χ0) is 93.5. The number of hydrogen-bond donors (Lipinski definition) is 17. The van der Waals surface area contributed by atoms with E-state index >= 15 is 0 Å². The van der Waals surface area contributed by atoms with Gasteiger partial charge in [-0.25, -0.2) is 0 Å². The van der Waals surface area contributed by atoms with Gasteiger partial charge < -0.3 is 90.8 Å². The van der Waals surface area contributed by atoms with Crippen LogP contribution in [0.15, 0.2) is 40.4 Å². The molecule has 2 aliphatic rings. The number of aliphatic imine (C=N–C) groups is 1. The van der Waals surface area contributed by atoms with Crippen molar-refractivity contribution < 1.29 is 96.5 Å². The summed E-state index contributed by atoms with van der Waals surface area (Å²) in [6, 6.07) is 1.35. The summed E-state index contributed by atoms with van der Waals surface area (Å²) in [7, 11) is 0. The minimum absolute atomic E-state index is 0.0155. The van der Waals surface area contributed by atoms with Gasteiger partial charge in [-0.15, -0.1) is 0 Å². The van der Waals surface area contributed by atoms with Gasteiger partial charge in [-0.3, -0.25) is 91.3 Å². The van der Waals surface area contributed by atoms with E-state index in [1.807, 2.05) is 51.1 Å². The molecule has 12 atom stereocenters. The molecule has 1 aromatic rings. The van der Waals surface area contributed by atoms with Crippen LogP contribution in [0.25, 0.3) is 10.4 Å². The fourth-order valence-corrected chi connectivity index (χ4v) is 14.3. The van der Waals surface area contributed by atoms with Crippen LogP contribution in [0.3, 0.4) is 0 Å². The highest BCUT2D eigenvalue weighted by atomic mass is 32.1. The lowest BCUT2D eigenvalue weighted by atomic mass is 9.89. The molecule has 2 aliphatic heterocycles. The lowest BCUT2D eigenvalue weighted by Crippen LogP contribution is -2.56. The van der Waals surface area contributed by atoms with Gasteiger partial charge in [-0.1, -0.05) is 96.3 Å². The summed E-state index contributed by atoms with van der Waals surface area (Å²) in [6.45, 7) is 10.1. The summed E-state index contributed by atoms with van der Waals surface area (Å²) in [5.41, 5.74) is 31.4. The molecular formula is C84H137N19O20S2. The number of ketones is 6. The lowest BCUT2D eigenvalue weighted by molar-refractivity contribution is -0.143. The molecule has 700 valence electrons. The fraction of sp³-hybridized carbons (Fsp3) is 0.702. The molecule has 12 amide bonds. The molecule has 2 heterocycles. The zero-order valence-electron chi connectivity index (χ0n) is 73.3. The van der Waals surface area contributed by atoms with Crippen LogP contribution in [0.5, 0.6) is 0 Å². The van der Waals surface area contributed by atoms with Crippen molar-refractivity contribution in [2.45, 2.75) is 270 Å². The van der Waals surface area contributed by atoms with Crippen LogP contribution < -0.4 is 70.8 Å². The summed E-state index contributed by atoms with van der Waals surface area (Å²) in [4.78, 5) is 244. The molecule has 0 radical (unpaired) electrons. The van der Waals surface area contributed by atoms with Crippen molar-refractivity contribution in [1.82, 2.24) is 57.7 Å². The Bertz CT molecular complexity index is 3780. The molecule has 3 rings (SSSR count). The SMILES string of the molecule is CCC(=O)[C@H](CO)NC(=O)[C@@H](CC(=O)[C@H](CS)NC(=O)[C@@H]1CCCN1C(=O)[C@H](CCCN=C(N)N)NC(=O)[C@H](CCC(N)=O)CC(=O)[C@H](CO)NC(=O)CCC(=O)CNC(=O)CCC(=O)CNC(=O)[C@@H](C)CCCCN=[N+]=[N-])CC(C)C.CCCC[C@@H](NC(=O)C1CCCN1C(=O)CCC(=O)[C@H](CCCCN)NC(=O)[C@@H](C)CS)C(=O)NCCc1ccccc1. The topological polar surface area (TPSA) is 628 Å². The first-order valence-corrected chi connectivity index (χ1v) is 44.7. The van der Waals surface area contributed by atoms with Gasteiger partial charge in [-0.05, 0) is 120 Å².